The molecule has 0 spiro atoms. The van der Waals surface area contributed by atoms with Gasteiger partial charge in [-0.3, -0.25) is 14.4 Å². The summed E-state index contributed by atoms with van der Waals surface area (Å²) in [6.45, 7) is 4.15. The van der Waals surface area contributed by atoms with Crippen LogP contribution in [0.5, 0.6) is 0 Å². The molecule has 1 aliphatic carbocycles. The number of aromatic nitrogens is 4. The van der Waals surface area contributed by atoms with Crippen molar-refractivity contribution in [1.82, 2.24) is 19.9 Å². The number of nitrogens with one attached hydrogen (secondary N) is 3. The van der Waals surface area contributed by atoms with Gasteiger partial charge in [-0.1, -0.05) is 95.5 Å². The summed E-state index contributed by atoms with van der Waals surface area (Å²) >= 11 is 6.44. The second-order valence-corrected chi connectivity index (χ2v) is 17.2. The molecule has 2 aliphatic heterocycles. The number of rotatable bonds is 6. The van der Waals surface area contributed by atoms with E-state index in [2.05, 4.69) is 120 Å². The number of aromatic amines is 2. The predicted molar refractivity (Wildman–Crippen MR) is 272 cm³/mol. The third-order valence-corrected chi connectivity index (χ3v) is 12.6. The lowest BCUT2D eigenvalue weighted by atomic mass is 9.92. The molecule has 5 heterocycles. The van der Waals surface area contributed by atoms with E-state index in [4.69, 9.17) is 27.3 Å². The van der Waals surface area contributed by atoms with E-state index in [1.165, 1.54) is 24.3 Å². The molecule has 8 bridgehead atoms. The van der Waals surface area contributed by atoms with Gasteiger partial charge < -0.3 is 21.0 Å². The maximum absolute atomic E-state index is 13.6. The second-order valence-electron chi connectivity index (χ2n) is 16.8. The van der Waals surface area contributed by atoms with Crippen molar-refractivity contribution in [2.45, 2.75) is 13.8 Å². The zero-order valence-electron chi connectivity index (χ0n) is 36.2. The van der Waals surface area contributed by atoms with Gasteiger partial charge in [0.2, 0.25) is 0 Å². The Balaban J connectivity index is 1.13. The van der Waals surface area contributed by atoms with Crippen molar-refractivity contribution in [2.24, 2.45) is 0 Å². The Labute approximate surface area is 390 Å². The largest absolute Gasteiger partial charge is 0.399 e. The number of nitrogen functional groups attached to an aromatic ring is 1. The summed E-state index contributed by atoms with van der Waals surface area (Å²) in [6, 6.07) is 43.5. The molecule has 10 heteroatoms. The molecule has 5 N–H and O–H groups in total. The molecule has 0 unspecified atom stereocenters. The highest BCUT2D eigenvalue weighted by atomic mass is 35.5. The number of amides is 1. The van der Waals surface area contributed by atoms with Gasteiger partial charge in [-0.2, -0.15) is 0 Å². The number of hydrogen-bond acceptors (Lipinski definition) is 6. The van der Waals surface area contributed by atoms with E-state index < -0.39 is 5.91 Å². The first-order valence-electron chi connectivity index (χ1n) is 21.7. The molecule has 5 aromatic carbocycles. The summed E-state index contributed by atoms with van der Waals surface area (Å²) in [5.74, 6) is -1.24. The fourth-order valence-electron chi connectivity index (χ4n) is 8.94. The molecule has 0 atom stereocenters. The Hall–Kier alpha value is -8.66. The number of nitrogens with zero attached hydrogens (tertiary/aromatic N) is 2. The standard InChI is InChI=1S/C57H39ClN6O3/c1-31-3-7-33(8-4-31)52-42-19-23-46(61-42)54(35-11-15-38(59)16-12-35)47-24-20-43(62-47)53(34-9-5-32(2)6-10-34)45-22-26-49(64-45)55(48-25-21-44(52)63-48)36-13-17-39(18-14-36)60-57(67)37-29-40-50(65)27-28-51(66)56(40)41(58)30-37/h3-30,61,64H,59H2,1-2H3,(H,60,67). The first kappa shape index (κ1) is 41.1. The lowest BCUT2D eigenvalue weighted by molar-refractivity contribution is 0.0992. The SMILES string of the molecule is Cc1ccc(-c2c3nc(c(-c4ccc(NC(=O)c5cc(Cl)c6c(c5)C(=O)C=CC6=O)cc4)c4ccc([nH]4)c(-c4ccc(C)cc4)c4nc(c(-c5ccc(N)cc5)c5ccc2[nH]5)C=C4)C=C3)cc1. The first-order valence-corrected chi connectivity index (χ1v) is 22.1. The smallest absolute Gasteiger partial charge is 0.255 e. The van der Waals surface area contributed by atoms with Crippen molar-refractivity contribution in [2.75, 3.05) is 11.1 Å². The van der Waals surface area contributed by atoms with Gasteiger partial charge in [0, 0.05) is 66.8 Å². The Bertz CT molecular complexity index is 3630. The number of hydrogen-bond donors (Lipinski definition) is 4. The van der Waals surface area contributed by atoms with Crippen LogP contribution in [0.25, 0.3) is 90.9 Å². The monoisotopic (exact) mass is 890 g/mol. The maximum Gasteiger partial charge on any atom is 0.255 e. The third kappa shape index (κ3) is 7.57. The van der Waals surface area contributed by atoms with Gasteiger partial charge in [-0.15, -0.1) is 0 Å². The number of ketones is 2. The van der Waals surface area contributed by atoms with Gasteiger partial charge in [0.05, 0.1) is 33.4 Å². The fraction of sp³-hybridized carbons (Fsp3) is 0.0351. The Kier molecular flexibility index (Phi) is 10.1. The lowest BCUT2D eigenvalue weighted by Gasteiger charge is -2.13. The minimum atomic E-state index is -0.478. The van der Waals surface area contributed by atoms with Gasteiger partial charge >= 0.3 is 0 Å². The quantitative estimate of drug-likeness (QED) is 0.122. The molecule has 3 aromatic heterocycles. The molecule has 322 valence electrons. The molecule has 0 fully saturated rings. The van der Waals surface area contributed by atoms with E-state index in [0.717, 1.165) is 100 Å². The van der Waals surface area contributed by atoms with Crippen molar-refractivity contribution in [3.63, 3.8) is 0 Å². The van der Waals surface area contributed by atoms with Gasteiger partial charge in [0.1, 0.15) is 0 Å². The van der Waals surface area contributed by atoms with Crippen LogP contribution in [0.4, 0.5) is 11.4 Å². The van der Waals surface area contributed by atoms with E-state index in [1.807, 2.05) is 54.6 Å². The summed E-state index contributed by atoms with van der Waals surface area (Å²) in [6.07, 6.45) is 10.6. The van der Waals surface area contributed by atoms with Crippen LogP contribution < -0.4 is 11.1 Å². The lowest BCUT2D eigenvalue weighted by Crippen LogP contribution is -2.17. The Morgan fingerprint density at radius 2 is 0.881 bits per heavy atom. The molecular weight excluding hydrogens is 852 g/mol. The van der Waals surface area contributed by atoms with Gasteiger partial charge in [0.25, 0.3) is 5.91 Å². The summed E-state index contributed by atoms with van der Waals surface area (Å²) in [5.41, 5.74) is 24.1. The molecule has 0 saturated heterocycles. The number of benzene rings is 5. The van der Waals surface area contributed by atoms with Crippen molar-refractivity contribution in [3.05, 3.63) is 201 Å². The number of nitrogens with two attached hydrogens (primary N) is 1. The summed E-state index contributed by atoms with van der Waals surface area (Å²) in [5, 5.41) is 2.98. The van der Waals surface area contributed by atoms with Crippen molar-refractivity contribution >= 4 is 86.8 Å². The summed E-state index contributed by atoms with van der Waals surface area (Å²) in [7, 11) is 0. The zero-order chi connectivity index (χ0) is 45.9. The van der Waals surface area contributed by atoms with Crippen LogP contribution in [0.15, 0.2) is 146 Å². The van der Waals surface area contributed by atoms with Crippen LogP contribution in [0.3, 0.4) is 0 Å². The first-order chi connectivity index (χ1) is 32.5. The molecular formula is C57H39ClN6O3. The maximum atomic E-state index is 13.6. The van der Waals surface area contributed by atoms with Crippen LogP contribution >= 0.6 is 11.6 Å². The number of allylic oxidation sites excluding steroid dienone is 2. The number of halogens is 1. The Morgan fingerprint density at radius 3 is 1.31 bits per heavy atom. The minimum absolute atomic E-state index is 0.0436. The van der Waals surface area contributed by atoms with Crippen LogP contribution in [0, 0.1) is 13.8 Å². The van der Waals surface area contributed by atoms with Gasteiger partial charge in [-0.05, 0) is 133 Å². The highest BCUT2D eigenvalue weighted by molar-refractivity contribution is 6.38. The molecule has 67 heavy (non-hydrogen) atoms. The van der Waals surface area contributed by atoms with Crippen LogP contribution in [0.1, 0.15) is 65.0 Å². The molecule has 1 amide bonds. The minimum Gasteiger partial charge on any atom is -0.399 e. The van der Waals surface area contributed by atoms with Crippen molar-refractivity contribution in [1.29, 1.82) is 0 Å². The predicted octanol–water partition coefficient (Wildman–Crippen LogP) is 13.4. The summed E-state index contributed by atoms with van der Waals surface area (Å²) < 4.78 is 0. The van der Waals surface area contributed by atoms with Crippen molar-refractivity contribution < 1.29 is 14.4 Å². The van der Waals surface area contributed by atoms with Crippen molar-refractivity contribution in [3.8, 4) is 44.5 Å². The number of fused-ring (bicyclic) bond motifs is 9. The van der Waals surface area contributed by atoms with E-state index in [1.54, 1.807) is 0 Å². The summed E-state index contributed by atoms with van der Waals surface area (Å²) in [4.78, 5) is 57.1. The number of carbonyl (C=O) groups excluding carboxylic acids is 3. The van der Waals surface area contributed by atoms with E-state index in [-0.39, 0.29) is 33.3 Å². The highest BCUT2D eigenvalue weighted by Crippen LogP contribution is 2.39. The van der Waals surface area contributed by atoms with E-state index >= 15 is 0 Å². The fourth-order valence-corrected chi connectivity index (χ4v) is 9.25. The number of aryl methyl sites for hydroxylation is 2. The number of anilines is 2. The van der Waals surface area contributed by atoms with E-state index in [0.29, 0.717) is 11.4 Å². The van der Waals surface area contributed by atoms with Gasteiger partial charge in [0.15, 0.2) is 11.6 Å². The molecule has 0 saturated carbocycles. The number of carbonyl (C=O) groups is 3. The zero-order valence-corrected chi connectivity index (χ0v) is 37.0. The normalized spacial score (nSPS) is 12.7. The average molecular weight is 891 g/mol. The van der Waals surface area contributed by atoms with Crippen LogP contribution in [-0.4, -0.2) is 37.4 Å². The second kappa shape index (κ2) is 16.4. The van der Waals surface area contributed by atoms with Crippen LogP contribution in [0.2, 0.25) is 5.02 Å². The molecule has 11 rings (SSSR count). The average Bonchev–Trinajstić information content (AvgIpc) is 4.18. The number of H-pyrrole nitrogens is 2. The molecule has 0 radical (unpaired) electrons. The molecule has 3 aliphatic rings. The molecule has 8 aromatic rings. The highest BCUT2D eigenvalue weighted by Gasteiger charge is 2.25. The van der Waals surface area contributed by atoms with E-state index in [9.17, 15) is 14.4 Å². The topological polar surface area (TPSA) is 147 Å². The Morgan fingerprint density at radius 1 is 0.493 bits per heavy atom. The van der Waals surface area contributed by atoms with Crippen LogP contribution in [-0.2, 0) is 0 Å². The van der Waals surface area contributed by atoms with Gasteiger partial charge in [-0.25, -0.2) is 9.97 Å². The third-order valence-electron chi connectivity index (χ3n) is 12.3. The molecule has 9 nitrogen and oxygen atoms in total.